The zero-order valence-electron chi connectivity index (χ0n) is 12.3. The van der Waals surface area contributed by atoms with Crippen molar-refractivity contribution < 1.29 is 13.9 Å². The molecule has 7 heteroatoms. The molecule has 0 aliphatic heterocycles. The van der Waals surface area contributed by atoms with Gasteiger partial charge in [-0.3, -0.25) is 4.79 Å². The van der Waals surface area contributed by atoms with E-state index in [1.54, 1.807) is 36.3 Å². The fraction of sp³-hybridized carbons (Fsp3) is 0.429. The van der Waals surface area contributed by atoms with Gasteiger partial charge < -0.3 is 14.5 Å². The third-order valence-electron chi connectivity index (χ3n) is 2.79. The number of thioether (sulfide) groups is 1. The molecule has 1 amide bonds. The maximum atomic E-state index is 12.0. The molecule has 2 aromatic rings. The highest BCUT2D eigenvalue weighted by Gasteiger charge is 2.13. The van der Waals surface area contributed by atoms with Crippen molar-refractivity contribution in [3.8, 4) is 0 Å². The second-order valence-corrected chi connectivity index (χ2v) is 6.47. The number of methoxy groups -OCH3 is 1. The summed E-state index contributed by atoms with van der Waals surface area (Å²) in [6.45, 7) is 2.88. The Morgan fingerprint density at radius 1 is 1.52 bits per heavy atom. The van der Waals surface area contributed by atoms with E-state index < -0.39 is 0 Å². The standard InChI is InChI=1S/C14H18N2O3S2/c1-9-12(21-13(16-9)7-18-2)6-15-14(17)11-5-4-10(19-11)8-20-3/h4-5H,6-8H2,1-3H3,(H,15,17). The van der Waals surface area contributed by atoms with E-state index in [0.717, 1.165) is 27.1 Å². The summed E-state index contributed by atoms with van der Waals surface area (Å²) in [5.41, 5.74) is 0.926. The van der Waals surface area contributed by atoms with Crippen molar-refractivity contribution in [2.24, 2.45) is 0 Å². The SMILES string of the molecule is COCc1nc(C)c(CNC(=O)c2ccc(CSC)o2)s1. The van der Waals surface area contributed by atoms with Gasteiger partial charge in [0.25, 0.3) is 5.91 Å². The molecule has 2 rings (SSSR count). The van der Waals surface area contributed by atoms with Gasteiger partial charge in [0.1, 0.15) is 10.8 Å². The molecule has 0 aromatic carbocycles. The van der Waals surface area contributed by atoms with E-state index in [1.165, 1.54) is 0 Å². The average Bonchev–Trinajstić information content (AvgIpc) is 3.04. The predicted molar refractivity (Wildman–Crippen MR) is 84.7 cm³/mol. The molecule has 0 unspecified atom stereocenters. The maximum absolute atomic E-state index is 12.0. The highest BCUT2D eigenvalue weighted by molar-refractivity contribution is 7.97. The topological polar surface area (TPSA) is 64.4 Å². The van der Waals surface area contributed by atoms with Gasteiger partial charge in [-0.15, -0.1) is 11.3 Å². The van der Waals surface area contributed by atoms with Gasteiger partial charge in [-0.25, -0.2) is 4.98 Å². The van der Waals surface area contributed by atoms with E-state index in [4.69, 9.17) is 9.15 Å². The summed E-state index contributed by atoms with van der Waals surface area (Å²) in [4.78, 5) is 17.5. The highest BCUT2D eigenvalue weighted by Crippen LogP contribution is 2.19. The molecule has 0 radical (unpaired) electrons. The fourth-order valence-corrected chi connectivity index (χ4v) is 3.23. The Labute approximate surface area is 132 Å². The number of rotatable bonds is 7. The van der Waals surface area contributed by atoms with Gasteiger partial charge in [0, 0.05) is 12.0 Å². The van der Waals surface area contributed by atoms with Gasteiger partial charge in [-0.2, -0.15) is 11.8 Å². The summed E-state index contributed by atoms with van der Waals surface area (Å²) in [7, 11) is 1.64. The molecule has 0 atom stereocenters. The number of hydrogen-bond acceptors (Lipinski definition) is 6. The first kappa shape index (κ1) is 16.1. The molecule has 0 fully saturated rings. The van der Waals surface area contributed by atoms with Crippen molar-refractivity contribution in [3.63, 3.8) is 0 Å². The van der Waals surface area contributed by atoms with Gasteiger partial charge in [0.2, 0.25) is 0 Å². The number of carbonyl (C=O) groups is 1. The molecule has 0 aliphatic rings. The monoisotopic (exact) mass is 326 g/mol. The maximum Gasteiger partial charge on any atom is 0.287 e. The Hall–Kier alpha value is -1.31. The van der Waals surface area contributed by atoms with Gasteiger partial charge in [0.15, 0.2) is 5.76 Å². The zero-order chi connectivity index (χ0) is 15.2. The Bertz CT molecular complexity index is 607. The van der Waals surface area contributed by atoms with E-state index in [0.29, 0.717) is 18.9 Å². The normalized spacial score (nSPS) is 10.8. The molecule has 0 aliphatic carbocycles. The molecular weight excluding hydrogens is 308 g/mol. The summed E-state index contributed by atoms with van der Waals surface area (Å²) in [5, 5.41) is 3.77. The van der Waals surface area contributed by atoms with Crippen LogP contribution in [0.3, 0.4) is 0 Å². The first-order valence-electron chi connectivity index (χ1n) is 6.44. The summed E-state index contributed by atoms with van der Waals surface area (Å²) in [6.07, 6.45) is 1.99. The second-order valence-electron chi connectivity index (χ2n) is 4.43. The molecule has 0 saturated heterocycles. The lowest BCUT2D eigenvalue weighted by atomic mass is 10.3. The lowest BCUT2D eigenvalue weighted by Gasteiger charge is -2.01. The first-order chi connectivity index (χ1) is 10.1. The molecule has 114 valence electrons. The largest absolute Gasteiger partial charge is 0.455 e. The number of amides is 1. The van der Waals surface area contributed by atoms with Crippen molar-refractivity contribution in [1.82, 2.24) is 10.3 Å². The van der Waals surface area contributed by atoms with Crippen molar-refractivity contribution in [3.05, 3.63) is 39.2 Å². The van der Waals surface area contributed by atoms with Crippen LogP contribution in [0, 0.1) is 6.92 Å². The number of nitrogens with one attached hydrogen (secondary N) is 1. The molecule has 0 spiro atoms. The molecule has 0 bridgehead atoms. The molecule has 2 heterocycles. The van der Waals surface area contributed by atoms with Gasteiger partial charge in [-0.05, 0) is 25.3 Å². The fourth-order valence-electron chi connectivity index (χ4n) is 1.80. The van der Waals surface area contributed by atoms with Gasteiger partial charge in [-0.1, -0.05) is 0 Å². The van der Waals surface area contributed by atoms with Crippen LogP contribution in [0.15, 0.2) is 16.5 Å². The molecule has 5 nitrogen and oxygen atoms in total. The number of thiazole rings is 1. The average molecular weight is 326 g/mol. The Morgan fingerprint density at radius 3 is 3.05 bits per heavy atom. The highest BCUT2D eigenvalue weighted by atomic mass is 32.2. The van der Waals surface area contributed by atoms with Crippen molar-refractivity contribution in [2.75, 3.05) is 13.4 Å². The summed E-state index contributed by atoms with van der Waals surface area (Å²) < 4.78 is 10.5. The van der Waals surface area contributed by atoms with Crippen LogP contribution >= 0.6 is 23.1 Å². The first-order valence-corrected chi connectivity index (χ1v) is 8.65. The van der Waals surface area contributed by atoms with Crippen LogP contribution in [-0.4, -0.2) is 24.3 Å². The van der Waals surface area contributed by atoms with E-state index >= 15 is 0 Å². The summed E-state index contributed by atoms with van der Waals surface area (Å²) >= 11 is 3.21. The van der Waals surface area contributed by atoms with Crippen LogP contribution in [0.2, 0.25) is 0 Å². The lowest BCUT2D eigenvalue weighted by Crippen LogP contribution is -2.22. The zero-order valence-corrected chi connectivity index (χ0v) is 13.9. The minimum atomic E-state index is -0.205. The Balaban J connectivity index is 1.93. The Kier molecular flexibility index (Phi) is 5.84. The molecule has 21 heavy (non-hydrogen) atoms. The van der Waals surface area contributed by atoms with Crippen LogP contribution in [-0.2, 0) is 23.6 Å². The van der Waals surface area contributed by atoms with Crippen LogP contribution in [0.1, 0.15) is 31.9 Å². The van der Waals surface area contributed by atoms with Crippen molar-refractivity contribution in [2.45, 2.75) is 25.8 Å². The van der Waals surface area contributed by atoms with Gasteiger partial charge in [0.05, 0.1) is 24.6 Å². The quantitative estimate of drug-likeness (QED) is 0.847. The number of carbonyl (C=O) groups excluding carboxylic acids is 1. The molecular formula is C14H18N2O3S2. The summed E-state index contributed by atoms with van der Waals surface area (Å²) in [6, 6.07) is 3.54. The van der Waals surface area contributed by atoms with Crippen LogP contribution < -0.4 is 5.32 Å². The van der Waals surface area contributed by atoms with Crippen molar-refractivity contribution >= 4 is 29.0 Å². The predicted octanol–water partition coefficient (Wildman–Crippen LogP) is 2.98. The number of aromatic nitrogens is 1. The summed E-state index contributed by atoms with van der Waals surface area (Å²) in [5.74, 6) is 1.72. The number of hydrogen-bond donors (Lipinski definition) is 1. The third-order valence-corrected chi connectivity index (χ3v) is 4.49. The van der Waals surface area contributed by atoms with Gasteiger partial charge >= 0.3 is 0 Å². The number of nitrogens with zero attached hydrogens (tertiary/aromatic N) is 1. The van der Waals surface area contributed by atoms with E-state index in [1.807, 2.05) is 19.2 Å². The lowest BCUT2D eigenvalue weighted by molar-refractivity contribution is 0.0922. The van der Waals surface area contributed by atoms with Crippen LogP contribution in [0.4, 0.5) is 0 Å². The van der Waals surface area contributed by atoms with E-state index in [9.17, 15) is 4.79 Å². The van der Waals surface area contributed by atoms with Crippen molar-refractivity contribution in [1.29, 1.82) is 0 Å². The number of furan rings is 1. The van der Waals surface area contributed by atoms with Crippen LogP contribution in [0.25, 0.3) is 0 Å². The minimum absolute atomic E-state index is 0.205. The van der Waals surface area contributed by atoms with E-state index in [-0.39, 0.29) is 5.91 Å². The molecule has 1 N–H and O–H groups in total. The molecule has 2 aromatic heterocycles. The second kappa shape index (κ2) is 7.63. The number of ether oxygens (including phenoxy) is 1. The molecule has 0 saturated carbocycles. The minimum Gasteiger partial charge on any atom is -0.455 e. The Morgan fingerprint density at radius 2 is 2.33 bits per heavy atom. The smallest absolute Gasteiger partial charge is 0.287 e. The van der Waals surface area contributed by atoms with Crippen LogP contribution in [0.5, 0.6) is 0 Å². The number of aryl methyl sites for hydroxylation is 1. The van der Waals surface area contributed by atoms with E-state index in [2.05, 4.69) is 10.3 Å². The third kappa shape index (κ3) is 4.33.